The number of sulfone groups is 1. The van der Waals surface area contributed by atoms with Gasteiger partial charge in [0.1, 0.15) is 5.78 Å². The molecule has 2 atom stereocenters. The number of aliphatic hydroxyl groups is 1. The zero-order chi connectivity index (χ0) is 18.6. The third-order valence-corrected chi connectivity index (χ3v) is 6.90. The van der Waals surface area contributed by atoms with Crippen LogP contribution in [-0.2, 0) is 27.5 Å². The third-order valence-electron chi connectivity index (χ3n) is 5.16. The van der Waals surface area contributed by atoms with Crippen molar-refractivity contribution in [2.45, 2.75) is 71.3 Å². The molecule has 0 radical (unpaired) electrons. The summed E-state index contributed by atoms with van der Waals surface area (Å²) in [4.78, 5) is 12.9. The quantitative estimate of drug-likeness (QED) is 0.892. The van der Waals surface area contributed by atoms with Gasteiger partial charge in [0.05, 0.1) is 23.5 Å². The zero-order valence-corrected chi connectivity index (χ0v) is 16.4. The van der Waals surface area contributed by atoms with Crippen LogP contribution in [0.5, 0.6) is 0 Å². The monoisotopic (exact) mass is 366 g/mol. The molecule has 25 heavy (non-hydrogen) atoms. The minimum Gasteiger partial charge on any atom is -0.392 e. The van der Waals surface area contributed by atoms with E-state index in [1.807, 2.05) is 6.92 Å². The van der Waals surface area contributed by atoms with Gasteiger partial charge in [0.15, 0.2) is 9.84 Å². The van der Waals surface area contributed by atoms with Crippen LogP contribution in [0.3, 0.4) is 0 Å². The molecule has 0 aliphatic carbocycles. The normalized spacial score (nSPS) is 24.9. The summed E-state index contributed by atoms with van der Waals surface area (Å²) < 4.78 is 24.1. The fourth-order valence-electron chi connectivity index (χ4n) is 3.86. The van der Waals surface area contributed by atoms with Crippen LogP contribution in [0.1, 0.15) is 67.7 Å². The largest absolute Gasteiger partial charge is 0.392 e. The van der Waals surface area contributed by atoms with E-state index in [1.165, 1.54) is 0 Å². The molecule has 0 saturated carbocycles. The maximum Gasteiger partial charge on any atom is 0.150 e. The fraction of sp³-hybridized carbons (Fsp3) is 0.650. The second kappa shape index (κ2) is 8.45. The molecule has 1 fully saturated rings. The van der Waals surface area contributed by atoms with Gasteiger partial charge in [-0.25, -0.2) is 8.42 Å². The van der Waals surface area contributed by atoms with Gasteiger partial charge < -0.3 is 5.11 Å². The first-order valence-electron chi connectivity index (χ1n) is 9.32. The highest BCUT2D eigenvalue weighted by Gasteiger charge is 2.33. The van der Waals surface area contributed by atoms with E-state index in [0.29, 0.717) is 19.3 Å². The van der Waals surface area contributed by atoms with Crippen LogP contribution in [0.25, 0.3) is 0 Å². The van der Waals surface area contributed by atoms with E-state index in [9.17, 15) is 18.3 Å². The smallest absolute Gasteiger partial charge is 0.150 e. The number of hydrogen-bond acceptors (Lipinski definition) is 4. The fourth-order valence-corrected chi connectivity index (χ4v) is 5.22. The lowest BCUT2D eigenvalue weighted by Crippen LogP contribution is -2.31. The minimum atomic E-state index is -3.18. The van der Waals surface area contributed by atoms with Gasteiger partial charge in [0, 0.05) is 6.42 Å². The minimum absolute atomic E-state index is 0.00968. The number of carbonyl (C=O) groups excluding carboxylic acids is 1. The molecule has 4 nitrogen and oxygen atoms in total. The molecule has 1 saturated heterocycles. The molecular formula is C20H30O4S. The molecule has 5 heteroatoms. The number of Topliss-reactive ketones (excluding diaryl/α,β-unsaturated/α-hetero) is 1. The molecule has 1 N–H and O–H groups in total. The van der Waals surface area contributed by atoms with Crippen molar-refractivity contribution in [1.82, 2.24) is 0 Å². The second-order valence-electron chi connectivity index (χ2n) is 7.11. The van der Waals surface area contributed by atoms with Crippen LogP contribution in [0.4, 0.5) is 0 Å². The molecule has 2 rings (SSSR count). The maximum atomic E-state index is 12.9. The van der Waals surface area contributed by atoms with Gasteiger partial charge >= 0.3 is 0 Å². The topological polar surface area (TPSA) is 71.4 Å². The maximum absolute atomic E-state index is 12.9. The summed E-state index contributed by atoms with van der Waals surface area (Å²) >= 11 is 0. The number of rotatable bonds is 3. The summed E-state index contributed by atoms with van der Waals surface area (Å²) in [5.74, 6) is -0.753. The van der Waals surface area contributed by atoms with Crippen molar-refractivity contribution in [3.8, 4) is 0 Å². The van der Waals surface area contributed by atoms with E-state index in [1.54, 1.807) is 0 Å². The number of ketones is 1. The number of aryl methyl sites for hydroxylation is 3. The first-order chi connectivity index (χ1) is 11.8. The first kappa shape index (κ1) is 20.1. The van der Waals surface area contributed by atoms with Crippen LogP contribution >= 0.6 is 0 Å². The Hall–Kier alpha value is -1.20. The zero-order valence-electron chi connectivity index (χ0n) is 15.5. The van der Waals surface area contributed by atoms with E-state index in [0.717, 1.165) is 35.1 Å². The van der Waals surface area contributed by atoms with Crippen LogP contribution in [0.2, 0.25) is 0 Å². The molecule has 2 unspecified atom stereocenters. The van der Waals surface area contributed by atoms with Gasteiger partial charge in [-0.1, -0.05) is 31.5 Å². The summed E-state index contributed by atoms with van der Waals surface area (Å²) in [6, 6.07) is 4.17. The summed E-state index contributed by atoms with van der Waals surface area (Å²) in [5, 5.41) is 10.8. The average Bonchev–Trinajstić information content (AvgIpc) is 2.57. The summed E-state index contributed by atoms with van der Waals surface area (Å²) in [6.07, 6.45) is 2.47. The molecule has 0 bridgehead atoms. The molecule has 1 heterocycles. The number of carbonyl (C=O) groups is 1. The van der Waals surface area contributed by atoms with Crippen molar-refractivity contribution in [2.24, 2.45) is 0 Å². The van der Waals surface area contributed by atoms with Crippen molar-refractivity contribution in [3.05, 3.63) is 34.4 Å². The lowest BCUT2D eigenvalue weighted by Gasteiger charge is -2.28. The molecular weight excluding hydrogens is 336 g/mol. The van der Waals surface area contributed by atoms with Crippen LogP contribution < -0.4 is 0 Å². The summed E-state index contributed by atoms with van der Waals surface area (Å²) in [5.41, 5.74) is 4.27. The van der Waals surface area contributed by atoms with E-state index in [4.69, 9.17) is 0 Å². The summed E-state index contributed by atoms with van der Waals surface area (Å²) in [7, 11) is -3.18. The highest BCUT2D eigenvalue weighted by atomic mass is 32.2. The predicted molar refractivity (Wildman–Crippen MR) is 101 cm³/mol. The standard InChI is InChI=1S/C20H30O4S/c1-4-15-12-14(3)13-16(5-2)19(15)20-17(21)8-6-7-10-25(23,24)11-9-18(20)22/h12-13,17,20-21H,4-11H2,1-3H3. The highest BCUT2D eigenvalue weighted by molar-refractivity contribution is 7.91. The molecule has 0 amide bonds. The molecule has 1 aliphatic rings. The number of aliphatic hydroxyl groups excluding tert-OH is 1. The third kappa shape index (κ3) is 4.91. The Bertz CT molecular complexity index is 696. The molecule has 140 valence electrons. The van der Waals surface area contributed by atoms with Crippen molar-refractivity contribution in [2.75, 3.05) is 11.5 Å². The molecule has 0 aromatic heterocycles. The van der Waals surface area contributed by atoms with Gasteiger partial charge in [0.2, 0.25) is 0 Å². The van der Waals surface area contributed by atoms with E-state index >= 15 is 0 Å². The van der Waals surface area contributed by atoms with Crippen LogP contribution in [0.15, 0.2) is 12.1 Å². The van der Waals surface area contributed by atoms with Crippen LogP contribution in [-0.4, -0.2) is 36.9 Å². The summed E-state index contributed by atoms with van der Waals surface area (Å²) in [6.45, 7) is 6.15. The van der Waals surface area contributed by atoms with Crippen molar-refractivity contribution < 1.29 is 18.3 Å². The lowest BCUT2D eigenvalue weighted by molar-refractivity contribution is -0.122. The average molecular weight is 367 g/mol. The molecule has 0 spiro atoms. The van der Waals surface area contributed by atoms with Gasteiger partial charge in [-0.2, -0.15) is 0 Å². The Morgan fingerprint density at radius 2 is 1.68 bits per heavy atom. The Morgan fingerprint density at radius 3 is 2.24 bits per heavy atom. The van der Waals surface area contributed by atoms with Crippen molar-refractivity contribution in [1.29, 1.82) is 0 Å². The van der Waals surface area contributed by atoms with Crippen molar-refractivity contribution >= 4 is 15.6 Å². The molecule has 1 aliphatic heterocycles. The first-order valence-corrected chi connectivity index (χ1v) is 11.1. The molecule has 1 aromatic rings. The number of hydrogen-bond donors (Lipinski definition) is 1. The van der Waals surface area contributed by atoms with Gasteiger partial charge in [0.25, 0.3) is 0 Å². The van der Waals surface area contributed by atoms with E-state index < -0.39 is 21.9 Å². The lowest BCUT2D eigenvalue weighted by atomic mass is 9.79. The Morgan fingerprint density at radius 1 is 1.08 bits per heavy atom. The number of benzene rings is 1. The predicted octanol–water partition coefficient (Wildman–Crippen LogP) is 3.12. The van der Waals surface area contributed by atoms with Gasteiger partial charge in [-0.15, -0.1) is 0 Å². The Balaban J connectivity index is 2.50. The van der Waals surface area contributed by atoms with Crippen molar-refractivity contribution in [3.63, 3.8) is 0 Å². The van der Waals surface area contributed by atoms with Gasteiger partial charge in [-0.05, 0) is 55.7 Å². The van der Waals surface area contributed by atoms with Crippen LogP contribution in [0, 0.1) is 6.92 Å². The second-order valence-corrected chi connectivity index (χ2v) is 9.42. The highest BCUT2D eigenvalue weighted by Crippen LogP contribution is 2.33. The Kier molecular flexibility index (Phi) is 6.80. The van der Waals surface area contributed by atoms with E-state index in [2.05, 4.69) is 26.0 Å². The Labute approximate surface area is 151 Å². The molecule has 1 aromatic carbocycles. The SMILES string of the molecule is CCc1cc(C)cc(CC)c1C1C(=O)CCS(=O)(=O)CCCCC1O. The van der Waals surface area contributed by atoms with Gasteiger partial charge in [-0.3, -0.25) is 4.79 Å². The van der Waals surface area contributed by atoms with E-state index in [-0.39, 0.29) is 23.7 Å².